The zero-order valence-corrected chi connectivity index (χ0v) is 13.3. The number of nitrogens with one attached hydrogen (secondary N) is 1. The Morgan fingerprint density at radius 2 is 1.82 bits per heavy atom. The molecule has 1 heterocycles. The van der Waals surface area contributed by atoms with Gasteiger partial charge in [0.25, 0.3) is 5.91 Å². The first-order valence-electron chi connectivity index (χ1n) is 7.03. The first-order valence-corrected chi connectivity index (χ1v) is 7.03. The first kappa shape index (κ1) is 15.7. The number of hydrogen-bond donors (Lipinski definition) is 1. The number of carbonyl (C=O) groups excluding carboxylic acids is 1. The molecule has 0 saturated heterocycles. The number of nitrogens with zero attached hydrogens (tertiary/aromatic N) is 3. The van der Waals surface area contributed by atoms with Gasteiger partial charge in [-0.05, 0) is 50.2 Å². The Hall–Kier alpha value is -2.69. The summed E-state index contributed by atoms with van der Waals surface area (Å²) in [7, 11) is 3.91. The van der Waals surface area contributed by atoms with Crippen molar-refractivity contribution in [2.75, 3.05) is 19.0 Å². The molecular weight excluding hydrogens is 276 g/mol. The molecule has 2 rings (SSSR count). The smallest absolute Gasteiger partial charge is 0.271 e. The highest BCUT2D eigenvalue weighted by Gasteiger charge is 2.06. The van der Waals surface area contributed by atoms with Crippen LogP contribution in [0.3, 0.4) is 0 Å². The average Bonchev–Trinajstić information content (AvgIpc) is 2.52. The summed E-state index contributed by atoms with van der Waals surface area (Å²) >= 11 is 0. The van der Waals surface area contributed by atoms with Crippen LogP contribution >= 0.6 is 0 Å². The molecule has 0 aliphatic rings. The molecule has 114 valence electrons. The summed E-state index contributed by atoms with van der Waals surface area (Å²) < 4.78 is 0. The molecule has 0 atom stereocenters. The van der Waals surface area contributed by atoms with Crippen LogP contribution in [0.4, 0.5) is 5.69 Å². The number of hydrogen-bond acceptors (Lipinski definition) is 4. The molecule has 5 nitrogen and oxygen atoms in total. The van der Waals surface area contributed by atoms with Crippen molar-refractivity contribution < 1.29 is 4.79 Å². The van der Waals surface area contributed by atoms with Gasteiger partial charge in [-0.3, -0.25) is 9.78 Å². The molecule has 0 saturated carbocycles. The number of aromatic nitrogens is 1. The molecule has 0 aliphatic carbocycles. The quantitative estimate of drug-likeness (QED) is 0.697. The van der Waals surface area contributed by atoms with Gasteiger partial charge < -0.3 is 4.90 Å². The molecule has 5 heteroatoms. The molecule has 0 aliphatic heterocycles. The van der Waals surface area contributed by atoms with E-state index in [1.54, 1.807) is 12.1 Å². The van der Waals surface area contributed by atoms with E-state index in [0.29, 0.717) is 11.3 Å². The maximum atomic E-state index is 12.1. The van der Waals surface area contributed by atoms with E-state index in [-0.39, 0.29) is 5.91 Å². The van der Waals surface area contributed by atoms with E-state index in [1.165, 1.54) is 0 Å². The lowest BCUT2D eigenvalue weighted by Gasteiger charge is -2.12. The summed E-state index contributed by atoms with van der Waals surface area (Å²) in [4.78, 5) is 18.4. The highest BCUT2D eigenvalue weighted by molar-refractivity contribution is 5.99. The molecule has 0 radical (unpaired) electrons. The fraction of sp³-hybridized carbons (Fsp3) is 0.235. The van der Waals surface area contributed by atoms with Crippen LogP contribution in [0.1, 0.15) is 28.7 Å². The van der Waals surface area contributed by atoms with Gasteiger partial charge in [-0.1, -0.05) is 6.07 Å². The zero-order chi connectivity index (χ0) is 16.1. The van der Waals surface area contributed by atoms with E-state index in [1.807, 2.05) is 63.2 Å². The minimum atomic E-state index is -0.239. The van der Waals surface area contributed by atoms with Crippen molar-refractivity contribution in [2.24, 2.45) is 5.10 Å². The van der Waals surface area contributed by atoms with Gasteiger partial charge in [0.15, 0.2) is 0 Å². The molecule has 0 spiro atoms. The van der Waals surface area contributed by atoms with Crippen LogP contribution in [-0.4, -0.2) is 30.7 Å². The lowest BCUT2D eigenvalue weighted by molar-refractivity contribution is 0.0955. The van der Waals surface area contributed by atoms with Crippen LogP contribution in [0.25, 0.3) is 0 Å². The van der Waals surface area contributed by atoms with Crippen molar-refractivity contribution in [3.05, 3.63) is 59.4 Å². The third-order valence-electron chi connectivity index (χ3n) is 3.23. The molecule has 0 bridgehead atoms. The molecule has 0 fully saturated rings. The number of aryl methyl sites for hydroxylation is 1. The van der Waals surface area contributed by atoms with Crippen LogP contribution in [0, 0.1) is 6.92 Å². The fourth-order valence-electron chi connectivity index (χ4n) is 1.91. The molecule has 1 aromatic carbocycles. The van der Waals surface area contributed by atoms with Crippen molar-refractivity contribution in [2.45, 2.75) is 13.8 Å². The Balaban J connectivity index is 2.07. The van der Waals surface area contributed by atoms with Crippen molar-refractivity contribution in [3.8, 4) is 0 Å². The summed E-state index contributed by atoms with van der Waals surface area (Å²) in [5.74, 6) is -0.239. The average molecular weight is 296 g/mol. The van der Waals surface area contributed by atoms with E-state index >= 15 is 0 Å². The first-order chi connectivity index (χ1) is 10.5. The molecule has 2 aromatic rings. The lowest BCUT2D eigenvalue weighted by Crippen LogP contribution is -2.20. The SMILES string of the molecule is C/C(=N\NC(=O)c1ccc(N(C)C)cc1)c1cccc(C)n1. The second kappa shape index (κ2) is 6.85. The molecule has 22 heavy (non-hydrogen) atoms. The van der Waals surface area contributed by atoms with E-state index in [2.05, 4.69) is 15.5 Å². The highest BCUT2D eigenvalue weighted by atomic mass is 16.2. The predicted octanol–water partition coefficient (Wildman–Crippen LogP) is 2.61. The van der Waals surface area contributed by atoms with Crippen LogP contribution in [-0.2, 0) is 0 Å². The minimum Gasteiger partial charge on any atom is -0.378 e. The second-order valence-electron chi connectivity index (χ2n) is 5.24. The number of anilines is 1. The van der Waals surface area contributed by atoms with Crippen molar-refractivity contribution in [1.82, 2.24) is 10.4 Å². The van der Waals surface area contributed by atoms with Crippen molar-refractivity contribution in [1.29, 1.82) is 0 Å². The Bertz CT molecular complexity index is 690. The van der Waals surface area contributed by atoms with E-state index in [0.717, 1.165) is 17.1 Å². The molecular formula is C17H20N4O. The largest absolute Gasteiger partial charge is 0.378 e. The van der Waals surface area contributed by atoms with Crippen LogP contribution in [0.5, 0.6) is 0 Å². The Morgan fingerprint density at radius 1 is 1.14 bits per heavy atom. The number of hydrazone groups is 1. The molecule has 1 N–H and O–H groups in total. The summed E-state index contributed by atoms with van der Waals surface area (Å²) in [5, 5.41) is 4.11. The Kier molecular flexibility index (Phi) is 4.88. The number of carbonyl (C=O) groups is 1. The maximum Gasteiger partial charge on any atom is 0.271 e. The van der Waals surface area contributed by atoms with Crippen LogP contribution in [0.2, 0.25) is 0 Å². The van der Waals surface area contributed by atoms with Gasteiger partial charge in [0.2, 0.25) is 0 Å². The van der Waals surface area contributed by atoms with Gasteiger partial charge in [-0.15, -0.1) is 0 Å². The lowest BCUT2D eigenvalue weighted by atomic mass is 10.2. The highest BCUT2D eigenvalue weighted by Crippen LogP contribution is 2.12. The number of pyridine rings is 1. The van der Waals surface area contributed by atoms with Gasteiger partial charge >= 0.3 is 0 Å². The van der Waals surface area contributed by atoms with E-state index in [4.69, 9.17) is 0 Å². The summed E-state index contributed by atoms with van der Waals surface area (Å²) in [6.45, 7) is 3.73. The van der Waals surface area contributed by atoms with Gasteiger partial charge in [-0.2, -0.15) is 5.10 Å². The summed E-state index contributed by atoms with van der Waals surface area (Å²) in [5.41, 5.74) is 6.51. The molecule has 1 amide bonds. The van der Waals surface area contributed by atoms with Crippen LogP contribution < -0.4 is 10.3 Å². The third-order valence-corrected chi connectivity index (χ3v) is 3.23. The number of rotatable bonds is 4. The second-order valence-corrected chi connectivity index (χ2v) is 5.24. The predicted molar refractivity (Wildman–Crippen MR) is 89.4 cm³/mol. The minimum absolute atomic E-state index is 0.239. The Labute approximate surface area is 130 Å². The summed E-state index contributed by atoms with van der Waals surface area (Å²) in [6.07, 6.45) is 0. The van der Waals surface area contributed by atoms with Gasteiger partial charge in [0.05, 0.1) is 11.4 Å². The fourth-order valence-corrected chi connectivity index (χ4v) is 1.91. The van der Waals surface area contributed by atoms with E-state index < -0.39 is 0 Å². The monoisotopic (exact) mass is 296 g/mol. The molecule has 0 unspecified atom stereocenters. The molecule has 1 aromatic heterocycles. The number of benzene rings is 1. The zero-order valence-electron chi connectivity index (χ0n) is 13.3. The normalized spacial score (nSPS) is 11.2. The number of amides is 1. The maximum absolute atomic E-state index is 12.1. The summed E-state index contributed by atoms with van der Waals surface area (Å²) in [6, 6.07) is 13.0. The van der Waals surface area contributed by atoms with E-state index in [9.17, 15) is 4.79 Å². The van der Waals surface area contributed by atoms with Crippen molar-refractivity contribution in [3.63, 3.8) is 0 Å². The van der Waals surface area contributed by atoms with Crippen LogP contribution in [0.15, 0.2) is 47.6 Å². The topological polar surface area (TPSA) is 57.6 Å². The van der Waals surface area contributed by atoms with Crippen molar-refractivity contribution >= 4 is 17.3 Å². The van der Waals surface area contributed by atoms with Gasteiger partial charge in [0, 0.05) is 31.0 Å². The standard InChI is InChI=1S/C17H20N4O/c1-12-6-5-7-16(18-12)13(2)19-20-17(22)14-8-10-15(11-9-14)21(3)4/h5-11H,1-4H3,(H,20,22)/b19-13+. The third kappa shape index (κ3) is 3.91. The van der Waals surface area contributed by atoms with Gasteiger partial charge in [0.1, 0.15) is 0 Å². The van der Waals surface area contributed by atoms with Gasteiger partial charge in [-0.25, -0.2) is 5.43 Å². The Morgan fingerprint density at radius 3 is 2.41 bits per heavy atom.